The van der Waals surface area contributed by atoms with Crippen molar-refractivity contribution in [2.45, 2.75) is 65.3 Å². The van der Waals surface area contributed by atoms with Crippen LogP contribution >= 0.6 is 0 Å². The average Bonchev–Trinajstić information content (AvgIpc) is 2.98. The smallest absolute Gasteiger partial charge is 0.295 e. The van der Waals surface area contributed by atoms with Gasteiger partial charge < -0.3 is 15.1 Å². The Labute approximate surface area is 190 Å². The summed E-state index contributed by atoms with van der Waals surface area (Å²) in [7, 11) is 0. The molecule has 1 saturated heterocycles. The molecule has 1 fully saturated rings. The Morgan fingerprint density at radius 3 is 2.28 bits per heavy atom. The molecule has 0 radical (unpaired) electrons. The predicted molar refractivity (Wildman–Crippen MR) is 127 cm³/mol. The number of rotatable bonds is 6. The summed E-state index contributed by atoms with van der Waals surface area (Å²) in [6, 6.07) is 11.6. The van der Waals surface area contributed by atoms with E-state index in [0.29, 0.717) is 17.7 Å². The quantitative estimate of drug-likeness (QED) is 0.268. The summed E-state index contributed by atoms with van der Waals surface area (Å²) in [5, 5.41) is 21.1. The number of benzene rings is 2. The molecule has 170 valence electrons. The van der Waals surface area contributed by atoms with E-state index in [9.17, 15) is 19.8 Å². The summed E-state index contributed by atoms with van der Waals surface area (Å²) >= 11 is 0. The molecule has 2 aromatic carbocycles. The van der Waals surface area contributed by atoms with Crippen LogP contribution in [0.3, 0.4) is 0 Å². The molecule has 3 rings (SSSR count). The standard InChI is InChI=1S/C27H33NO4/c1-6-7-8-15-28-23(18-10-13-20(29)14-11-18)22(25(31)26(28)32)24(30)21-16-19(27(3,4)5)12-9-17(21)2/h9-14,16,23,29-30H,6-8,15H2,1-5H3/b24-22+. The minimum Gasteiger partial charge on any atom is -0.508 e. The number of unbranched alkanes of at least 4 members (excludes halogenated alkanes) is 2. The molecule has 5 heteroatoms. The van der Waals surface area contributed by atoms with Gasteiger partial charge in [0.25, 0.3) is 11.7 Å². The Bertz CT molecular complexity index is 1040. The molecule has 1 amide bonds. The third-order valence-corrected chi connectivity index (χ3v) is 6.11. The predicted octanol–water partition coefficient (Wildman–Crippen LogP) is 5.61. The fourth-order valence-corrected chi connectivity index (χ4v) is 4.13. The number of phenols is 1. The Balaban J connectivity index is 2.19. The molecule has 32 heavy (non-hydrogen) atoms. The fraction of sp³-hybridized carbons (Fsp3) is 0.407. The van der Waals surface area contributed by atoms with Crippen LogP contribution < -0.4 is 0 Å². The largest absolute Gasteiger partial charge is 0.508 e. The summed E-state index contributed by atoms with van der Waals surface area (Å²) < 4.78 is 0. The van der Waals surface area contributed by atoms with E-state index < -0.39 is 17.7 Å². The minimum absolute atomic E-state index is 0.102. The highest BCUT2D eigenvalue weighted by atomic mass is 16.3. The van der Waals surface area contributed by atoms with Gasteiger partial charge in [-0.2, -0.15) is 0 Å². The van der Waals surface area contributed by atoms with Gasteiger partial charge in [-0.1, -0.05) is 64.8 Å². The molecular weight excluding hydrogens is 402 g/mol. The first-order valence-corrected chi connectivity index (χ1v) is 11.2. The number of likely N-dealkylation sites (tertiary alicyclic amines) is 1. The van der Waals surface area contributed by atoms with Crippen molar-refractivity contribution in [1.29, 1.82) is 0 Å². The van der Waals surface area contributed by atoms with Crippen LogP contribution in [-0.2, 0) is 15.0 Å². The van der Waals surface area contributed by atoms with Crippen molar-refractivity contribution in [3.8, 4) is 5.75 Å². The lowest BCUT2D eigenvalue weighted by atomic mass is 9.84. The number of phenolic OH excluding ortho intramolecular Hbond substituents is 1. The molecule has 0 aliphatic carbocycles. The summed E-state index contributed by atoms with van der Waals surface area (Å²) in [5.74, 6) is -1.31. The molecule has 0 saturated carbocycles. The molecule has 1 heterocycles. The van der Waals surface area contributed by atoms with Crippen LogP contribution in [0.15, 0.2) is 48.0 Å². The van der Waals surface area contributed by atoms with E-state index in [1.807, 2.05) is 25.1 Å². The molecule has 1 aliphatic rings. The highest BCUT2D eigenvalue weighted by Gasteiger charge is 2.45. The van der Waals surface area contributed by atoms with E-state index >= 15 is 0 Å². The maximum Gasteiger partial charge on any atom is 0.295 e. The lowest BCUT2D eigenvalue weighted by Gasteiger charge is -2.26. The van der Waals surface area contributed by atoms with Gasteiger partial charge in [-0.05, 0) is 53.6 Å². The van der Waals surface area contributed by atoms with E-state index in [-0.39, 0.29) is 22.5 Å². The van der Waals surface area contributed by atoms with Crippen LogP contribution in [-0.4, -0.2) is 33.3 Å². The maximum absolute atomic E-state index is 13.1. The van der Waals surface area contributed by atoms with Crippen molar-refractivity contribution < 1.29 is 19.8 Å². The van der Waals surface area contributed by atoms with Gasteiger partial charge in [0.2, 0.25) is 0 Å². The van der Waals surface area contributed by atoms with E-state index in [0.717, 1.165) is 30.4 Å². The monoisotopic (exact) mass is 435 g/mol. The number of nitrogens with zero attached hydrogens (tertiary/aromatic N) is 1. The van der Waals surface area contributed by atoms with E-state index in [1.165, 1.54) is 12.1 Å². The zero-order chi connectivity index (χ0) is 23.6. The maximum atomic E-state index is 13.1. The molecule has 0 spiro atoms. The molecule has 1 aliphatic heterocycles. The van der Waals surface area contributed by atoms with Crippen LogP contribution in [0.2, 0.25) is 0 Å². The minimum atomic E-state index is -0.690. The number of carbonyl (C=O) groups is 2. The zero-order valence-electron chi connectivity index (χ0n) is 19.6. The first kappa shape index (κ1) is 23.6. The molecular formula is C27H33NO4. The molecule has 2 aromatic rings. The van der Waals surface area contributed by atoms with Crippen molar-refractivity contribution in [1.82, 2.24) is 4.90 Å². The summed E-state index contributed by atoms with van der Waals surface area (Å²) in [5.41, 5.74) is 3.08. The third-order valence-electron chi connectivity index (χ3n) is 6.11. The molecule has 1 atom stereocenters. The number of amides is 1. The van der Waals surface area contributed by atoms with Gasteiger partial charge in [0, 0.05) is 12.1 Å². The van der Waals surface area contributed by atoms with Crippen molar-refractivity contribution >= 4 is 17.4 Å². The lowest BCUT2D eigenvalue weighted by molar-refractivity contribution is -0.139. The second kappa shape index (κ2) is 9.19. The molecule has 0 aromatic heterocycles. The van der Waals surface area contributed by atoms with Crippen LogP contribution in [0.5, 0.6) is 5.75 Å². The Morgan fingerprint density at radius 2 is 1.69 bits per heavy atom. The van der Waals surface area contributed by atoms with Crippen LogP contribution in [0.1, 0.15) is 75.3 Å². The van der Waals surface area contributed by atoms with E-state index in [4.69, 9.17) is 0 Å². The van der Waals surface area contributed by atoms with Gasteiger partial charge in [-0.25, -0.2) is 0 Å². The van der Waals surface area contributed by atoms with Gasteiger partial charge in [0.15, 0.2) is 0 Å². The Morgan fingerprint density at radius 1 is 1.03 bits per heavy atom. The molecule has 2 N–H and O–H groups in total. The average molecular weight is 436 g/mol. The summed E-state index contributed by atoms with van der Waals surface area (Å²) in [6.07, 6.45) is 2.71. The van der Waals surface area contributed by atoms with E-state index in [1.54, 1.807) is 17.0 Å². The van der Waals surface area contributed by atoms with Gasteiger partial charge in [0.1, 0.15) is 11.5 Å². The SMILES string of the molecule is CCCCCN1C(=O)C(=O)/C(=C(/O)c2cc(C(C)(C)C)ccc2C)C1c1ccc(O)cc1. The van der Waals surface area contributed by atoms with Crippen LogP contribution in [0.25, 0.3) is 5.76 Å². The number of aliphatic hydroxyl groups excluding tert-OH is 1. The highest BCUT2D eigenvalue weighted by molar-refractivity contribution is 6.46. The van der Waals surface area contributed by atoms with Gasteiger partial charge in [-0.3, -0.25) is 9.59 Å². The van der Waals surface area contributed by atoms with Gasteiger partial charge in [-0.15, -0.1) is 0 Å². The normalized spacial score (nSPS) is 18.4. The number of carbonyl (C=O) groups excluding carboxylic acids is 2. The van der Waals surface area contributed by atoms with Gasteiger partial charge >= 0.3 is 0 Å². The number of aryl methyl sites for hydroxylation is 1. The van der Waals surface area contributed by atoms with Crippen LogP contribution in [0.4, 0.5) is 0 Å². The van der Waals surface area contributed by atoms with Gasteiger partial charge in [0.05, 0.1) is 11.6 Å². The molecule has 1 unspecified atom stereocenters. The number of ketones is 1. The Kier molecular flexibility index (Phi) is 6.77. The number of aromatic hydroxyl groups is 1. The fourth-order valence-electron chi connectivity index (χ4n) is 4.13. The lowest BCUT2D eigenvalue weighted by Crippen LogP contribution is -2.30. The first-order valence-electron chi connectivity index (χ1n) is 11.2. The summed E-state index contributed by atoms with van der Waals surface area (Å²) in [4.78, 5) is 27.7. The topological polar surface area (TPSA) is 77.8 Å². The van der Waals surface area contributed by atoms with Crippen molar-refractivity contribution in [2.24, 2.45) is 0 Å². The highest BCUT2D eigenvalue weighted by Crippen LogP contribution is 2.41. The van der Waals surface area contributed by atoms with Crippen molar-refractivity contribution in [3.63, 3.8) is 0 Å². The van der Waals surface area contributed by atoms with Crippen LogP contribution in [0, 0.1) is 6.92 Å². The number of hydrogen-bond donors (Lipinski definition) is 2. The molecule has 0 bridgehead atoms. The van der Waals surface area contributed by atoms with Crippen molar-refractivity contribution in [3.05, 3.63) is 70.3 Å². The molecule has 5 nitrogen and oxygen atoms in total. The number of aliphatic hydroxyl groups is 1. The van der Waals surface area contributed by atoms with Crippen molar-refractivity contribution in [2.75, 3.05) is 6.54 Å². The second-order valence-corrected chi connectivity index (χ2v) is 9.57. The summed E-state index contributed by atoms with van der Waals surface area (Å²) in [6.45, 7) is 10.7. The Hall–Kier alpha value is -3.08. The number of hydrogen-bond acceptors (Lipinski definition) is 4. The van der Waals surface area contributed by atoms with E-state index in [2.05, 4.69) is 27.7 Å². The third kappa shape index (κ3) is 4.57. The zero-order valence-corrected chi connectivity index (χ0v) is 19.6. The number of Topliss-reactive ketones (excluding diaryl/α,β-unsaturated/α-hetero) is 1. The first-order chi connectivity index (χ1) is 15.1. The second-order valence-electron chi connectivity index (χ2n) is 9.57.